The number of para-hydroxylation sites is 6. The Labute approximate surface area is 266 Å². The van der Waals surface area contributed by atoms with E-state index in [1.807, 2.05) is 18.2 Å². The lowest BCUT2D eigenvalue weighted by Gasteiger charge is -2.15. The van der Waals surface area contributed by atoms with Gasteiger partial charge in [-0.2, -0.15) is 0 Å². The minimum Gasteiger partial charge on any atom is -0.318 e. The second-order valence-electron chi connectivity index (χ2n) is 11.6. The maximum Gasteiger partial charge on any atom is 0.210 e. The number of nitrogens with zero attached hydrogens (tertiary/aromatic N) is 3. The molecule has 2 heterocycles. The van der Waals surface area contributed by atoms with Crippen molar-refractivity contribution in [2.45, 2.75) is 0 Å². The molecular weight excluding hydrogens is 558 g/mol. The Morgan fingerprint density at radius 2 is 0.978 bits per heavy atom. The molecule has 0 bridgehead atoms. The highest BCUT2D eigenvalue weighted by Gasteiger charge is 2.23. The highest BCUT2D eigenvalue weighted by Crippen LogP contribution is 2.45. The minimum atomic E-state index is 0.629. The van der Waals surface area contributed by atoms with Gasteiger partial charge in [0.15, 0.2) is 0 Å². The Kier molecular flexibility index (Phi) is 5.88. The first-order valence-electron chi connectivity index (χ1n) is 15.5. The number of aromatic nitrogens is 2. The lowest BCUT2D eigenvalue weighted by molar-refractivity contribution is 1.18. The average molecular weight is 586 g/mol. The molecule has 0 radical (unpaired) electrons. The van der Waals surface area contributed by atoms with Crippen molar-refractivity contribution in [2.24, 2.45) is 0 Å². The summed E-state index contributed by atoms with van der Waals surface area (Å²) in [6.45, 7) is 8.01. The molecule has 0 atom stereocenters. The normalized spacial score (nSPS) is 11.5. The maximum absolute atomic E-state index is 8.01. The largest absolute Gasteiger partial charge is 0.318 e. The summed E-state index contributed by atoms with van der Waals surface area (Å²) in [7, 11) is 0. The van der Waals surface area contributed by atoms with Gasteiger partial charge in [0.1, 0.15) is 0 Å². The first-order chi connectivity index (χ1) is 22.8. The van der Waals surface area contributed by atoms with Crippen molar-refractivity contribution in [1.82, 2.24) is 9.13 Å². The van der Waals surface area contributed by atoms with Crippen LogP contribution in [0.4, 0.5) is 5.69 Å². The van der Waals surface area contributed by atoms with Crippen LogP contribution < -0.4 is 0 Å². The molecule has 214 valence electrons. The standard InChI is InChI=1S/C43H27N3/c1-44-37-25-9-11-27-39(37)46-38-26-10-8-19-32(38)33-21-12-22-34(42(33)46)35-23-13-24-36-41-31(29-15-4-2-5-16-29)20-14-28-40(41)45(43(35)36)30-17-6-3-7-18-30/h2-28H. The van der Waals surface area contributed by atoms with Gasteiger partial charge in [-0.05, 0) is 41.5 Å². The van der Waals surface area contributed by atoms with Crippen LogP contribution in [0.25, 0.3) is 82.1 Å². The Morgan fingerprint density at radius 3 is 1.76 bits per heavy atom. The van der Waals surface area contributed by atoms with E-state index in [2.05, 4.69) is 160 Å². The molecule has 0 saturated carbocycles. The third-order valence-corrected chi connectivity index (χ3v) is 9.14. The van der Waals surface area contributed by atoms with Crippen LogP contribution in [0.3, 0.4) is 0 Å². The summed E-state index contributed by atoms with van der Waals surface area (Å²) in [6, 6.07) is 57.7. The summed E-state index contributed by atoms with van der Waals surface area (Å²) >= 11 is 0. The highest BCUT2D eigenvalue weighted by molar-refractivity contribution is 6.21. The molecule has 0 aliphatic carbocycles. The van der Waals surface area contributed by atoms with E-state index >= 15 is 0 Å². The average Bonchev–Trinajstić information content (AvgIpc) is 3.66. The van der Waals surface area contributed by atoms with Crippen LogP contribution in [-0.4, -0.2) is 9.13 Å². The molecule has 0 saturated heterocycles. The Bertz CT molecular complexity index is 2630. The fourth-order valence-electron chi connectivity index (χ4n) is 7.27. The van der Waals surface area contributed by atoms with Crippen molar-refractivity contribution >= 4 is 49.3 Å². The van der Waals surface area contributed by atoms with E-state index in [0.717, 1.165) is 44.4 Å². The van der Waals surface area contributed by atoms with E-state index < -0.39 is 0 Å². The van der Waals surface area contributed by atoms with Gasteiger partial charge in [-0.25, -0.2) is 4.85 Å². The molecular formula is C43H27N3. The fraction of sp³-hybridized carbons (Fsp3) is 0. The van der Waals surface area contributed by atoms with Crippen molar-refractivity contribution in [2.75, 3.05) is 0 Å². The van der Waals surface area contributed by atoms with Crippen molar-refractivity contribution < 1.29 is 0 Å². The van der Waals surface area contributed by atoms with Crippen LogP contribution in [0.1, 0.15) is 0 Å². The van der Waals surface area contributed by atoms with Gasteiger partial charge in [0.2, 0.25) is 5.69 Å². The zero-order chi connectivity index (χ0) is 30.6. The molecule has 9 rings (SSSR count). The summed E-state index contributed by atoms with van der Waals surface area (Å²) in [5.74, 6) is 0. The van der Waals surface area contributed by atoms with Crippen LogP contribution in [0, 0.1) is 6.57 Å². The van der Waals surface area contributed by atoms with E-state index in [0.29, 0.717) is 5.69 Å². The first kappa shape index (κ1) is 26.1. The summed E-state index contributed by atoms with van der Waals surface area (Å²) in [5.41, 5.74) is 11.8. The van der Waals surface area contributed by atoms with E-state index in [-0.39, 0.29) is 0 Å². The second kappa shape index (κ2) is 10.4. The molecule has 3 heteroatoms. The molecule has 9 aromatic rings. The number of rotatable bonds is 4. The molecule has 2 aromatic heterocycles. The van der Waals surface area contributed by atoms with E-state index in [9.17, 15) is 0 Å². The predicted octanol–water partition coefficient (Wildman–Crippen LogP) is 11.8. The molecule has 0 aliphatic heterocycles. The maximum atomic E-state index is 8.01. The molecule has 0 amide bonds. The number of hydrogen-bond donors (Lipinski definition) is 0. The molecule has 3 nitrogen and oxygen atoms in total. The number of benzene rings is 7. The summed E-state index contributed by atoms with van der Waals surface area (Å²) in [6.07, 6.45) is 0. The van der Waals surface area contributed by atoms with E-state index in [1.165, 1.54) is 32.8 Å². The molecule has 0 aliphatic rings. The summed E-state index contributed by atoms with van der Waals surface area (Å²) in [4.78, 5) is 3.94. The van der Waals surface area contributed by atoms with Crippen LogP contribution in [0.15, 0.2) is 164 Å². The van der Waals surface area contributed by atoms with Crippen molar-refractivity contribution in [1.29, 1.82) is 0 Å². The topological polar surface area (TPSA) is 14.2 Å². The first-order valence-corrected chi connectivity index (χ1v) is 15.5. The summed E-state index contributed by atoms with van der Waals surface area (Å²) in [5, 5.41) is 4.77. The molecule has 7 aromatic carbocycles. The number of fused-ring (bicyclic) bond motifs is 6. The fourth-order valence-corrected chi connectivity index (χ4v) is 7.27. The van der Waals surface area contributed by atoms with Gasteiger partial charge in [-0.15, -0.1) is 0 Å². The summed E-state index contributed by atoms with van der Waals surface area (Å²) < 4.78 is 4.71. The molecule has 0 unspecified atom stereocenters. The molecule has 0 fully saturated rings. The third kappa shape index (κ3) is 3.78. The molecule has 46 heavy (non-hydrogen) atoms. The van der Waals surface area contributed by atoms with Crippen LogP contribution in [0.5, 0.6) is 0 Å². The second-order valence-corrected chi connectivity index (χ2v) is 11.6. The van der Waals surface area contributed by atoms with Gasteiger partial charge < -0.3 is 9.13 Å². The Morgan fingerprint density at radius 1 is 0.413 bits per heavy atom. The van der Waals surface area contributed by atoms with Crippen molar-refractivity contribution in [3.8, 4) is 33.6 Å². The highest BCUT2D eigenvalue weighted by atomic mass is 15.0. The van der Waals surface area contributed by atoms with Crippen LogP contribution in [0.2, 0.25) is 0 Å². The molecule has 0 spiro atoms. The SMILES string of the molecule is [C-]#[N+]c1ccccc1-n1c2ccccc2c2cccc(-c3cccc4c5c(-c6ccccc6)cccc5n(-c5ccccc5)c34)c21. The Hall–Kier alpha value is -6.37. The van der Waals surface area contributed by atoms with E-state index in [4.69, 9.17) is 6.57 Å². The smallest absolute Gasteiger partial charge is 0.210 e. The number of hydrogen-bond acceptors (Lipinski definition) is 0. The minimum absolute atomic E-state index is 0.629. The zero-order valence-electron chi connectivity index (χ0n) is 24.9. The van der Waals surface area contributed by atoms with Gasteiger partial charge in [0.25, 0.3) is 0 Å². The van der Waals surface area contributed by atoms with Crippen LogP contribution >= 0.6 is 0 Å². The van der Waals surface area contributed by atoms with Gasteiger partial charge in [-0.1, -0.05) is 133 Å². The van der Waals surface area contributed by atoms with Gasteiger partial charge in [0, 0.05) is 38.4 Å². The van der Waals surface area contributed by atoms with Gasteiger partial charge >= 0.3 is 0 Å². The van der Waals surface area contributed by atoms with Gasteiger partial charge in [-0.3, -0.25) is 0 Å². The van der Waals surface area contributed by atoms with Crippen molar-refractivity contribution in [3.05, 3.63) is 175 Å². The monoisotopic (exact) mass is 585 g/mol. The van der Waals surface area contributed by atoms with E-state index in [1.54, 1.807) is 0 Å². The predicted molar refractivity (Wildman–Crippen MR) is 192 cm³/mol. The van der Waals surface area contributed by atoms with Gasteiger partial charge in [0.05, 0.1) is 34.3 Å². The zero-order valence-corrected chi connectivity index (χ0v) is 24.9. The van der Waals surface area contributed by atoms with Crippen molar-refractivity contribution in [3.63, 3.8) is 0 Å². The molecule has 0 N–H and O–H groups in total. The quantitative estimate of drug-likeness (QED) is 0.182. The third-order valence-electron chi connectivity index (χ3n) is 9.14. The lowest BCUT2D eigenvalue weighted by Crippen LogP contribution is -1.98. The lowest BCUT2D eigenvalue weighted by atomic mass is 9.96. The Balaban J connectivity index is 1.48. The van der Waals surface area contributed by atoms with Crippen LogP contribution in [-0.2, 0) is 0 Å².